The largest absolute Gasteiger partial charge is 0.308 e. The fourth-order valence-electron chi connectivity index (χ4n) is 1.99. The third kappa shape index (κ3) is 2.93. The second kappa shape index (κ2) is 5.12. The van der Waals surface area contributed by atoms with E-state index in [9.17, 15) is 4.79 Å². The van der Waals surface area contributed by atoms with E-state index in [0.717, 1.165) is 18.5 Å². The number of hydrogen-bond donors (Lipinski definition) is 1. The lowest BCUT2D eigenvalue weighted by Crippen LogP contribution is -2.17. The number of anilines is 1. The van der Waals surface area contributed by atoms with E-state index in [1.807, 2.05) is 14.0 Å². The molecule has 1 atom stereocenters. The Labute approximate surface area is 101 Å². The molecule has 0 saturated carbocycles. The topological polar surface area (TPSA) is 59.8 Å². The van der Waals surface area contributed by atoms with E-state index in [2.05, 4.69) is 27.8 Å². The number of nitrogens with zero attached hydrogens (tertiary/aromatic N) is 3. The van der Waals surface area contributed by atoms with Gasteiger partial charge in [0, 0.05) is 13.5 Å². The summed E-state index contributed by atoms with van der Waals surface area (Å²) in [6, 6.07) is 0. The lowest BCUT2D eigenvalue weighted by molar-refractivity contribution is -0.116. The van der Waals surface area contributed by atoms with Gasteiger partial charge in [-0.05, 0) is 32.1 Å². The number of amides is 1. The Morgan fingerprint density at radius 2 is 2.47 bits per heavy atom. The summed E-state index contributed by atoms with van der Waals surface area (Å²) in [5.41, 5.74) is 0.873. The molecule has 1 aliphatic carbocycles. The van der Waals surface area contributed by atoms with Crippen molar-refractivity contribution in [1.29, 1.82) is 0 Å². The van der Waals surface area contributed by atoms with Crippen molar-refractivity contribution in [2.45, 2.75) is 32.6 Å². The first-order valence-electron chi connectivity index (χ1n) is 5.99. The second-order valence-corrected chi connectivity index (χ2v) is 4.52. The van der Waals surface area contributed by atoms with Crippen LogP contribution in [0.1, 0.15) is 31.4 Å². The third-order valence-electron chi connectivity index (χ3n) is 3.17. The molecule has 0 radical (unpaired) electrons. The Hall–Kier alpha value is -1.65. The van der Waals surface area contributed by atoms with Crippen molar-refractivity contribution in [3.05, 3.63) is 17.8 Å². The number of carbonyl (C=O) groups excluding carboxylic acids is 1. The van der Waals surface area contributed by atoms with Crippen LogP contribution in [0.3, 0.4) is 0 Å². The van der Waals surface area contributed by atoms with Crippen molar-refractivity contribution in [2.24, 2.45) is 13.0 Å². The van der Waals surface area contributed by atoms with Gasteiger partial charge in [-0.15, -0.1) is 5.10 Å². The van der Waals surface area contributed by atoms with Crippen LogP contribution in [0.5, 0.6) is 0 Å². The van der Waals surface area contributed by atoms with E-state index in [4.69, 9.17) is 0 Å². The van der Waals surface area contributed by atoms with Crippen molar-refractivity contribution in [2.75, 3.05) is 5.32 Å². The molecule has 0 spiro atoms. The van der Waals surface area contributed by atoms with Crippen molar-refractivity contribution in [3.63, 3.8) is 0 Å². The van der Waals surface area contributed by atoms with E-state index in [1.165, 1.54) is 6.42 Å². The highest BCUT2D eigenvalue weighted by Gasteiger charge is 2.15. The lowest BCUT2D eigenvalue weighted by atomic mass is 9.93. The number of carbonyl (C=O) groups is 1. The van der Waals surface area contributed by atoms with Crippen LogP contribution >= 0.6 is 0 Å². The van der Waals surface area contributed by atoms with Gasteiger partial charge in [0.05, 0.1) is 5.69 Å². The van der Waals surface area contributed by atoms with Crippen LogP contribution < -0.4 is 5.32 Å². The number of rotatable bonds is 3. The van der Waals surface area contributed by atoms with Gasteiger partial charge >= 0.3 is 0 Å². The molecule has 0 saturated heterocycles. The average molecular weight is 234 g/mol. The monoisotopic (exact) mass is 234 g/mol. The maximum atomic E-state index is 11.8. The quantitative estimate of drug-likeness (QED) is 0.811. The summed E-state index contributed by atoms with van der Waals surface area (Å²) in [5, 5.41) is 10.6. The van der Waals surface area contributed by atoms with Gasteiger partial charge in [0.1, 0.15) is 0 Å². The van der Waals surface area contributed by atoms with Gasteiger partial charge in [0.2, 0.25) is 5.91 Å². The average Bonchev–Trinajstić information content (AvgIpc) is 2.62. The number of nitrogens with one attached hydrogen (secondary N) is 1. The minimum absolute atomic E-state index is 0.0187. The highest BCUT2D eigenvalue weighted by atomic mass is 16.1. The molecular formula is C12H18N4O. The molecule has 1 amide bonds. The van der Waals surface area contributed by atoms with Crippen LogP contribution in [-0.4, -0.2) is 20.9 Å². The number of aryl methyl sites for hydroxylation is 1. The summed E-state index contributed by atoms with van der Waals surface area (Å²) in [7, 11) is 1.81. The van der Waals surface area contributed by atoms with Crippen LogP contribution in [0.25, 0.3) is 0 Å². The van der Waals surface area contributed by atoms with E-state index < -0.39 is 0 Å². The predicted molar refractivity (Wildman–Crippen MR) is 65.5 cm³/mol. The van der Waals surface area contributed by atoms with Crippen molar-refractivity contribution < 1.29 is 4.79 Å². The highest BCUT2D eigenvalue weighted by Crippen LogP contribution is 2.20. The molecule has 1 unspecified atom stereocenters. The van der Waals surface area contributed by atoms with E-state index in [-0.39, 0.29) is 5.91 Å². The zero-order valence-corrected chi connectivity index (χ0v) is 10.3. The molecule has 0 aromatic carbocycles. The molecule has 1 N–H and O–H groups in total. The van der Waals surface area contributed by atoms with Gasteiger partial charge in [0.15, 0.2) is 5.82 Å². The van der Waals surface area contributed by atoms with E-state index in [0.29, 0.717) is 18.2 Å². The van der Waals surface area contributed by atoms with Crippen molar-refractivity contribution in [1.82, 2.24) is 15.0 Å². The van der Waals surface area contributed by atoms with Crippen molar-refractivity contribution >= 4 is 11.7 Å². The molecule has 1 heterocycles. The summed E-state index contributed by atoms with van der Waals surface area (Å²) in [6.07, 6.45) is 8.26. The molecule has 1 aromatic rings. The molecule has 1 aliphatic rings. The normalized spacial score (nSPS) is 19.3. The van der Waals surface area contributed by atoms with Crippen LogP contribution in [0.4, 0.5) is 5.82 Å². The SMILES string of the molecule is Cc1c(NC(=O)CC2C=CCCC2)nnn1C. The molecule has 1 aromatic heterocycles. The Morgan fingerprint density at radius 1 is 1.65 bits per heavy atom. The Balaban J connectivity index is 1.91. The maximum Gasteiger partial charge on any atom is 0.226 e. The van der Waals surface area contributed by atoms with Gasteiger partial charge in [-0.2, -0.15) is 0 Å². The Morgan fingerprint density at radius 3 is 3.06 bits per heavy atom. The van der Waals surface area contributed by atoms with Gasteiger partial charge in [-0.25, -0.2) is 0 Å². The van der Waals surface area contributed by atoms with E-state index in [1.54, 1.807) is 4.68 Å². The molecule has 0 bridgehead atoms. The maximum absolute atomic E-state index is 11.8. The van der Waals surface area contributed by atoms with Gasteiger partial charge in [0.25, 0.3) is 0 Å². The summed E-state index contributed by atoms with van der Waals surface area (Å²) in [6.45, 7) is 1.89. The first-order valence-corrected chi connectivity index (χ1v) is 5.99. The van der Waals surface area contributed by atoms with Crippen molar-refractivity contribution in [3.8, 4) is 0 Å². The molecule has 0 aliphatic heterocycles. The van der Waals surface area contributed by atoms with Crippen LogP contribution in [0.15, 0.2) is 12.2 Å². The van der Waals surface area contributed by atoms with Gasteiger partial charge in [-0.3, -0.25) is 9.48 Å². The van der Waals surface area contributed by atoms with Gasteiger partial charge < -0.3 is 5.32 Å². The zero-order valence-electron chi connectivity index (χ0n) is 10.3. The molecular weight excluding hydrogens is 216 g/mol. The molecule has 0 fully saturated rings. The lowest BCUT2D eigenvalue weighted by Gasteiger charge is -2.15. The Kier molecular flexibility index (Phi) is 3.56. The fraction of sp³-hybridized carbons (Fsp3) is 0.583. The van der Waals surface area contributed by atoms with Crippen LogP contribution in [0, 0.1) is 12.8 Å². The van der Waals surface area contributed by atoms with E-state index >= 15 is 0 Å². The smallest absolute Gasteiger partial charge is 0.226 e. The number of aromatic nitrogens is 3. The molecule has 5 nitrogen and oxygen atoms in total. The third-order valence-corrected chi connectivity index (χ3v) is 3.17. The zero-order chi connectivity index (χ0) is 12.3. The molecule has 5 heteroatoms. The first-order chi connectivity index (χ1) is 8.16. The van der Waals surface area contributed by atoms with Gasteiger partial charge in [-0.1, -0.05) is 17.4 Å². The summed E-state index contributed by atoms with van der Waals surface area (Å²) in [5.74, 6) is 0.961. The predicted octanol–water partition coefficient (Wildman–Crippen LogP) is 1.81. The molecule has 92 valence electrons. The first kappa shape index (κ1) is 11.8. The minimum atomic E-state index is 0.0187. The van der Waals surface area contributed by atoms with Crippen LogP contribution in [0.2, 0.25) is 0 Å². The second-order valence-electron chi connectivity index (χ2n) is 4.52. The van der Waals surface area contributed by atoms with Crippen LogP contribution in [-0.2, 0) is 11.8 Å². The standard InChI is InChI=1S/C12H18N4O/c1-9-12(14-15-16(9)2)13-11(17)8-10-6-4-3-5-7-10/h4,6,10H,3,5,7-8H2,1-2H3,(H,13,17). The summed E-state index contributed by atoms with van der Waals surface area (Å²) < 4.78 is 1.65. The number of hydrogen-bond acceptors (Lipinski definition) is 3. The number of allylic oxidation sites excluding steroid dienone is 2. The molecule has 17 heavy (non-hydrogen) atoms. The molecule has 2 rings (SSSR count). The summed E-state index contributed by atoms with van der Waals surface area (Å²) >= 11 is 0. The highest BCUT2D eigenvalue weighted by molar-refractivity contribution is 5.90. The Bertz CT molecular complexity index is 436. The minimum Gasteiger partial charge on any atom is -0.308 e. The summed E-state index contributed by atoms with van der Waals surface area (Å²) in [4.78, 5) is 11.8. The fourth-order valence-corrected chi connectivity index (χ4v) is 1.99.